The van der Waals surface area contributed by atoms with Crippen molar-refractivity contribution in [2.45, 2.75) is 31.7 Å². The van der Waals surface area contributed by atoms with Gasteiger partial charge in [-0.25, -0.2) is 4.39 Å². The van der Waals surface area contributed by atoms with Crippen molar-refractivity contribution in [2.24, 2.45) is 11.0 Å². The molecule has 0 saturated carbocycles. The molecule has 3 rings (SSSR count). The van der Waals surface area contributed by atoms with Crippen molar-refractivity contribution in [3.05, 3.63) is 44.5 Å². The normalized spacial score (nSPS) is 30.0. The zero-order valence-electron chi connectivity index (χ0n) is 12.2. The molecule has 7 nitrogen and oxygen atoms in total. The van der Waals surface area contributed by atoms with Crippen molar-refractivity contribution >= 4 is 21.9 Å². The van der Waals surface area contributed by atoms with Crippen molar-refractivity contribution in [3.63, 3.8) is 0 Å². The Hall–Kier alpha value is -1.67. The second kappa shape index (κ2) is 6.45. The molecule has 23 heavy (non-hydrogen) atoms. The molecule has 0 aromatic heterocycles. The average molecular weight is 385 g/mol. The van der Waals surface area contributed by atoms with Crippen LogP contribution in [0.2, 0.25) is 0 Å². The predicted molar refractivity (Wildman–Crippen MR) is 81.4 cm³/mol. The minimum Gasteiger partial charge on any atom is -0.461 e. The lowest BCUT2D eigenvalue weighted by Gasteiger charge is -2.20. The van der Waals surface area contributed by atoms with Crippen LogP contribution in [-0.2, 0) is 20.9 Å². The fourth-order valence-corrected chi connectivity index (χ4v) is 3.52. The molecule has 122 valence electrons. The number of benzene rings is 1. The number of hydrogen-bond donors (Lipinski definition) is 0. The first-order valence-electron chi connectivity index (χ1n) is 7.10. The zero-order chi connectivity index (χ0) is 16.6. The lowest BCUT2D eigenvalue weighted by molar-refractivity contribution is -0.188. The molecule has 2 aliphatic rings. The first-order valence-corrected chi connectivity index (χ1v) is 7.90. The van der Waals surface area contributed by atoms with Gasteiger partial charge in [0.25, 0.3) is 0 Å². The van der Waals surface area contributed by atoms with Crippen LogP contribution >= 0.6 is 15.9 Å². The van der Waals surface area contributed by atoms with E-state index in [1.165, 1.54) is 5.06 Å². The number of rotatable bonds is 4. The van der Waals surface area contributed by atoms with Crippen LogP contribution in [0.1, 0.15) is 12.5 Å². The standard InChI is InChI=1S/C14H14BrFN4O3/c1-7-11-10(5-18-19-17)23-20(13(11)14(21)22-7)6-8-3-2-4-9(15)12(8)16/h2-4,7,10-11,13H,5-6H2,1H3/t7-,10-,11+,13-/m0/s1. The van der Waals surface area contributed by atoms with E-state index in [4.69, 9.17) is 15.1 Å². The van der Waals surface area contributed by atoms with Crippen molar-refractivity contribution < 1.29 is 18.8 Å². The van der Waals surface area contributed by atoms with E-state index in [0.717, 1.165) is 0 Å². The van der Waals surface area contributed by atoms with Gasteiger partial charge in [0.15, 0.2) is 0 Å². The van der Waals surface area contributed by atoms with Gasteiger partial charge >= 0.3 is 5.97 Å². The highest BCUT2D eigenvalue weighted by Gasteiger charge is 2.56. The fourth-order valence-electron chi connectivity index (χ4n) is 3.12. The van der Waals surface area contributed by atoms with Crippen LogP contribution in [0.15, 0.2) is 27.8 Å². The summed E-state index contributed by atoms with van der Waals surface area (Å²) in [6, 6.07) is 4.32. The van der Waals surface area contributed by atoms with Gasteiger partial charge in [0.2, 0.25) is 0 Å². The first-order chi connectivity index (χ1) is 11.0. The number of fused-ring (bicyclic) bond motifs is 1. The zero-order valence-corrected chi connectivity index (χ0v) is 13.8. The number of nitrogens with zero attached hydrogens (tertiary/aromatic N) is 4. The maximum atomic E-state index is 14.2. The summed E-state index contributed by atoms with van der Waals surface area (Å²) < 4.78 is 19.8. The van der Waals surface area contributed by atoms with Gasteiger partial charge in [0.1, 0.15) is 18.0 Å². The number of esters is 1. The topological polar surface area (TPSA) is 87.5 Å². The molecule has 0 amide bonds. The molecule has 4 atom stereocenters. The summed E-state index contributed by atoms with van der Waals surface area (Å²) in [5.74, 6) is -1.05. The Morgan fingerprint density at radius 2 is 2.30 bits per heavy atom. The van der Waals surface area contributed by atoms with Crippen LogP contribution in [0.3, 0.4) is 0 Å². The number of hydroxylamine groups is 2. The van der Waals surface area contributed by atoms with Crippen LogP contribution < -0.4 is 0 Å². The lowest BCUT2D eigenvalue weighted by atomic mass is 9.92. The van der Waals surface area contributed by atoms with Crippen molar-refractivity contribution in [3.8, 4) is 0 Å². The SMILES string of the molecule is C[C@@H]1OC(=O)[C@@H]2[C@H]1[C@H](CN=[N+]=[N-])ON2Cc1cccc(Br)c1F. The summed E-state index contributed by atoms with van der Waals surface area (Å²) >= 11 is 3.14. The van der Waals surface area contributed by atoms with E-state index < -0.39 is 23.9 Å². The van der Waals surface area contributed by atoms with Gasteiger partial charge in [-0.05, 0) is 34.5 Å². The molecular weight excluding hydrogens is 371 g/mol. The minimum absolute atomic E-state index is 0.0934. The van der Waals surface area contributed by atoms with Crippen molar-refractivity contribution in [2.75, 3.05) is 6.54 Å². The Morgan fingerprint density at radius 3 is 3.04 bits per heavy atom. The number of halogens is 2. The van der Waals surface area contributed by atoms with Gasteiger partial charge in [-0.2, -0.15) is 5.06 Å². The highest BCUT2D eigenvalue weighted by Crippen LogP contribution is 2.39. The number of carbonyl (C=O) groups is 1. The third kappa shape index (κ3) is 2.92. The summed E-state index contributed by atoms with van der Waals surface area (Å²) in [4.78, 5) is 20.6. The monoisotopic (exact) mass is 384 g/mol. The summed E-state index contributed by atoms with van der Waals surface area (Å²) in [7, 11) is 0. The van der Waals surface area contributed by atoms with E-state index in [1.807, 2.05) is 0 Å². The molecule has 0 N–H and O–H groups in total. The minimum atomic E-state index is -0.623. The highest BCUT2D eigenvalue weighted by molar-refractivity contribution is 9.10. The molecule has 2 fully saturated rings. The molecular formula is C14H14BrFN4O3. The molecule has 0 bridgehead atoms. The Morgan fingerprint density at radius 1 is 1.52 bits per heavy atom. The Bertz CT molecular complexity index is 682. The third-order valence-electron chi connectivity index (χ3n) is 4.14. The fraction of sp³-hybridized carbons (Fsp3) is 0.500. The summed E-state index contributed by atoms with van der Waals surface area (Å²) in [6.07, 6.45) is -0.809. The van der Waals surface area contributed by atoms with E-state index in [9.17, 15) is 9.18 Å². The van der Waals surface area contributed by atoms with Crippen LogP contribution in [-0.4, -0.2) is 35.8 Å². The molecule has 2 saturated heterocycles. The van der Waals surface area contributed by atoms with Gasteiger partial charge in [0, 0.05) is 10.5 Å². The number of ether oxygens (including phenoxy) is 1. The summed E-state index contributed by atoms with van der Waals surface area (Å²) in [6.45, 7) is 1.97. The molecule has 0 aliphatic carbocycles. The predicted octanol–water partition coefficient (Wildman–Crippen LogP) is 2.94. The van der Waals surface area contributed by atoms with E-state index >= 15 is 0 Å². The quantitative estimate of drug-likeness (QED) is 0.345. The largest absolute Gasteiger partial charge is 0.461 e. The number of azide groups is 1. The summed E-state index contributed by atoms with van der Waals surface area (Å²) in [5.41, 5.74) is 8.89. The second-order valence-electron chi connectivity index (χ2n) is 5.51. The van der Waals surface area contributed by atoms with Gasteiger partial charge in [-0.1, -0.05) is 17.2 Å². The summed E-state index contributed by atoms with van der Waals surface area (Å²) in [5, 5.41) is 4.96. The molecule has 1 aromatic rings. The number of cyclic esters (lactones) is 1. The Labute approximate surface area is 140 Å². The first kappa shape index (κ1) is 16.2. The molecule has 9 heteroatoms. The lowest BCUT2D eigenvalue weighted by Crippen LogP contribution is -2.35. The van der Waals surface area contributed by atoms with Gasteiger partial charge in [0.05, 0.1) is 29.6 Å². The third-order valence-corrected chi connectivity index (χ3v) is 4.76. The van der Waals surface area contributed by atoms with Crippen molar-refractivity contribution in [1.82, 2.24) is 5.06 Å². The number of carbonyl (C=O) groups excluding carboxylic acids is 1. The van der Waals surface area contributed by atoms with E-state index in [2.05, 4.69) is 26.0 Å². The van der Waals surface area contributed by atoms with Gasteiger partial charge < -0.3 is 4.74 Å². The smallest absolute Gasteiger partial charge is 0.326 e. The number of hydrogen-bond acceptors (Lipinski definition) is 5. The van der Waals surface area contributed by atoms with E-state index in [0.29, 0.717) is 10.0 Å². The van der Waals surface area contributed by atoms with Gasteiger partial charge in [-0.3, -0.25) is 9.63 Å². The van der Waals surface area contributed by atoms with Gasteiger partial charge in [-0.15, -0.1) is 0 Å². The molecule has 2 heterocycles. The van der Waals surface area contributed by atoms with E-state index in [-0.39, 0.29) is 25.1 Å². The molecule has 1 aromatic carbocycles. The van der Waals surface area contributed by atoms with Crippen LogP contribution in [0.5, 0.6) is 0 Å². The van der Waals surface area contributed by atoms with Crippen LogP contribution in [0.25, 0.3) is 10.4 Å². The maximum absolute atomic E-state index is 14.2. The second-order valence-corrected chi connectivity index (χ2v) is 6.36. The van der Waals surface area contributed by atoms with E-state index in [1.54, 1.807) is 25.1 Å². The average Bonchev–Trinajstić information content (AvgIpc) is 3.02. The Kier molecular flexibility index (Phi) is 4.54. The molecule has 2 aliphatic heterocycles. The van der Waals surface area contributed by atoms with Crippen molar-refractivity contribution in [1.29, 1.82) is 0 Å². The molecule has 0 radical (unpaired) electrons. The molecule has 0 unspecified atom stereocenters. The van der Waals surface area contributed by atoms with Crippen LogP contribution in [0.4, 0.5) is 4.39 Å². The molecule has 0 spiro atoms. The van der Waals surface area contributed by atoms with Crippen LogP contribution in [0, 0.1) is 11.7 Å². The highest BCUT2D eigenvalue weighted by atomic mass is 79.9. The maximum Gasteiger partial charge on any atom is 0.326 e. The Balaban J connectivity index is 1.85.